The molecule has 1 amide bonds. The van der Waals surface area contributed by atoms with Crippen LogP contribution in [0.25, 0.3) is 0 Å². The lowest BCUT2D eigenvalue weighted by Gasteiger charge is -2.26. The third kappa shape index (κ3) is 4.78. The predicted octanol–water partition coefficient (Wildman–Crippen LogP) is 3.23. The summed E-state index contributed by atoms with van der Waals surface area (Å²) in [4.78, 5) is 12.5. The van der Waals surface area contributed by atoms with Crippen molar-refractivity contribution in [2.75, 3.05) is 37.4 Å². The number of carbonyl (C=O) groups is 1. The third-order valence-electron chi connectivity index (χ3n) is 3.75. The Morgan fingerprint density at radius 1 is 1.29 bits per heavy atom. The van der Waals surface area contributed by atoms with Gasteiger partial charge in [0.2, 0.25) is 15.2 Å². The smallest absolute Gasteiger partial charge is 0.259 e. The number of carbonyl (C=O) groups excluding carboxylic acids is 1. The average molecular weight is 483 g/mol. The van der Waals surface area contributed by atoms with Crippen molar-refractivity contribution in [3.05, 3.63) is 27.7 Å². The minimum Gasteiger partial charge on any atom is -0.379 e. The van der Waals surface area contributed by atoms with E-state index in [0.29, 0.717) is 18.3 Å². The number of halogens is 2. The van der Waals surface area contributed by atoms with Crippen LogP contribution in [0.3, 0.4) is 0 Å². The lowest BCUT2D eigenvalue weighted by atomic mass is 10.2. The number of thioether (sulfide) groups is 1. The fourth-order valence-electron chi connectivity index (χ4n) is 2.43. The van der Waals surface area contributed by atoms with Gasteiger partial charge in [-0.25, -0.2) is 8.42 Å². The summed E-state index contributed by atoms with van der Waals surface area (Å²) < 4.78 is 33.0. The maximum atomic E-state index is 12.9. The number of ether oxygens (including phenoxy) is 1. The highest BCUT2D eigenvalue weighted by Gasteiger charge is 2.30. The fraction of sp³-hybridized carbons (Fsp3) is 0.400. The Balaban J connectivity index is 1.89. The summed E-state index contributed by atoms with van der Waals surface area (Å²) in [5, 5.41) is 10.7. The molecule has 1 aliphatic rings. The van der Waals surface area contributed by atoms with Gasteiger partial charge in [0.05, 0.1) is 28.8 Å². The van der Waals surface area contributed by atoms with Crippen molar-refractivity contribution in [3.8, 4) is 0 Å². The number of rotatable bonds is 6. The first-order valence-electron chi connectivity index (χ1n) is 8.17. The Labute approximate surface area is 180 Å². The van der Waals surface area contributed by atoms with Crippen molar-refractivity contribution < 1.29 is 17.9 Å². The van der Waals surface area contributed by atoms with E-state index >= 15 is 0 Å². The molecule has 1 aromatic carbocycles. The molecular weight excluding hydrogens is 467 g/mol. The maximum Gasteiger partial charge on any atom is 0.259 e. The fourth-order valence-corrected chi connectivity index (χ4v) is 6.32. The van der Waals surface area contributed by atoms with Gasteiger partial charge in [-0.1, -0.05) is 53.2 Å². The molecular formula is C15H16Cl2N4O4S3. The van der Waals surface area contributed by atoms with Crippen LogP contribution >= 0.6 is 46.3 Å². The summed E-state index contributed by atoms with van der Waals surface area (Å²) in [7, 11) is -3.89. The van der Waals surface area contributed by atoms with Gasteiger partial charge in [0.25, 0.3) is 5.91 Å². The number of aromatic nitrogens is 2. The van der Waals surface area contributed by atoms with Crippen molar-refractivity contribution >= 4 is 67.4 Å². The van der Waals surface area contributed by atoms with Crippen LogP contribution in [0.2, 0.25) is 10.0 Å². The van der Waals surface area contributed by atoms with Crippen molar-refractivity contribution in [2.24, 2.45) is 0 Å². The quantitative estimate of drug-likeness (QED) is 0.497. The molecule has 1 aliphatic heterocycles. The summed E-state index contributed by atoms with van der Waals surface area (Å²) in [6.07, 6.45) is 0. The van der Waals surface area contributed by atoms with Crippen LogP contribution in [0.15, 0.2) is 21.4 Å². The van der Waals surface area contributed by atoms with Crippen LogP contribution in [-0.2, 0) is 14.8 Å². The van der Waals surface area contributed by atoms with Crippen LogP contribution in [0, 0.1) is 0 Å². The zero-order valence-corrected chi connectivity index (χ0v) is 18.6. The van der Waals surface area contributed by atoms with Crippen molar-refractivity contribution in [3.63, 3.8) is 0 Å². The van der Waals surface area contributed by atoms with Crippen molar-refractivity contribution in [2.45, 2.75) is 16.2 Å². The van der Waals surface area contributed by atoms with Gasteiger partial charge in [-0.15, -0.1) is 10.2 Å². The summed E-state index contributed by atoms with van der Waals surface area (Å²) in [6, 6.07) is 2.44. The number of hydrogen-bond acceptors (Lipinski definition) is 8. The molecule has 0 aliphatic carbocycles. The molecule has 2 aromatic rings. The van der Waals surface area contributed by atoms with Gasteiger partial charge >= 0.3 is 0 Å². The van der Waals surface area contributed by atoms with Crippen molar-refractivity contribution in [1.29, 1.82) is 0 Å². The van der Waals surface area contributed by atoms with Gasteiger partial charge in [-0.2, -0.15) is 4.31 Å². The SMILES string of the molecule is CCSc1nnc(NC(=O)c2cc(S(=O)(=O)N3CCOCC3)c(Cl)cc2Cl)s1. The minimum absolute atomic E-state index is 0.0159. The highest BCUT2D eigenvalue weighted by atomic mass is 35.5. The van der Waals surface area contributed by atoms with E-state index in [2.05, 4.69) is 15.5 Å². The number of amides is 1. The number of nitrogens with one attached hydrogen (secondary N) is 1. The molecule has 0 atom stereocenters. The summed E-state index contributed by atoms with van der Waals surface area (Å²) in [5.41, 5.74) is -0.0159. The highest BCUT2D eigenvalue weighted by Crippen LogP contribution is 2.32. The lowest BCUT2D eigenvalue weighted by Crippen LogP contribution is -2.40. The van der Waals surface area contributed by atoms with Gasteiger partial charge in [-0.05, 0) is 17.9 Å². The van der Waals surface area contributed by atoms with Crippen molar-refractivity contribution in [1.82, 2.24) is 14.5 Å². The molecule has 152 valence electrons. The van der Waals surface area contributed by atoms with E-state index in [1.807, 2.05) is 6.92 Å². The monoisotopic (exact) mass is 482 g/mol. The molecule has 0 spiro atoms. The number of anilines is 1. The Bertz CT molecular complexity index is 978. The van der Waals surface area contributed by atoms with Gasteiger partial charge in [-0.3, -0.25) is 10.1 Å². The number of benzene rings is 1. The molecule has 0 unspecified atom stereocenters. The van der Waals surface area contributed by atoms with E-state index in [1.165, 1.54) is 39.5 Å². The molecule has 8 nitrogen and oxygen atoms in total. The Kier molecular flexibility index (Phi) is 7.18. The van der Waals surface area contributed by atoms with Crippen LogP contribution < -0.4 is 5.32 Å². The normalized spacial score (nSPS) is 15.5. The van der Waals surface area contributed by atoms with Crippen LogP contribution in [0.4, 0.5) is 5.13 Å². The summed E-state index contributed by atoms with van der Waals surface area (Å²) in [5.74, 6) is 0.234. The van der Waals surface area contributed by atoms with Crippen LogP contribution in [-0.4, -0.2) is 60.9 Å². The second-order valence-corrected chi connectivity index (χ2v) is 10.7. The van der Waals surface area contributed by atoms with Gasteiger partial charge < -0.3 is 4.74 Å². The number of nitrogens with zero attached hydrogens (tertiary/aromatic N) is 3. The number of sulfonamides is 1. The second kappa shape index (κ2) is 9.24. The summed E-state index contributed by atoms with van der Waals surface area (Å²) in [6.45, 7) is 3.01. The van der Waals surface area contributed by atoms with E-state index in [4.69, 9.17) is 27.9 Å². The average Bonchev–Trinajstić information content (AvgIpc) is 3.09. The molecule has 2 heterocycles. The van der Waals surface area contributed by atoms with Crippen LogP contribution in [0.1, 0.15) is 17.3 Å². The second-order valence-electron chi connectivity index (χ2n) is 5.54. The zero-order valence-electron chi connectivity index (χ0n) is 14.6. The first-order chi connectivity index (χ1) is 13.3. The van der Waals surface area contributed by atoms with E-state index in [0.717, 1.165) is 10.1 Å². The van der Waals surface area contributed by atoms with Gasteiger partial charge in [0, 0.05) is 13.1 Å². The minimum atomic E-state index is -3.89. The molecule has 28 heavy (non-hydrogen) atoms. The van der Waals surface area contributed by atoms with E-state index in [9.17, 15) is 13.2 Å². The molecule has 1 fully saturated rings. The molecule has 3 rings (SSSR count). The van der Waals surface area contributed by atoms with E-state index < -0.39 is 15.9 Å². The molecule has 1 saturated heterocycles. The first-order valence-corrected chi connectivity index (χ1v) is 12.2. The molecule has 1 N–H and O–H groups in total. The standard InChI is InChI=1S/C15H16Cl2N4O4S3/c1-2-26-15-20-19-14(27-15)18-13(22)9-7-12(11(17)8-10(9)16)28(23,24)21-3-5-25-6-4-21/h7-8H,2-6H2,1H3,(H,18,19,22). The Morgan fingerprint density at radius 3 is 2.68 bits per heavy atom. The molecule has 1 aromatic heterocycles. The van der Waals surface area contributed by atoms with Gasteiger partial charge in [0.15, 0.2) is 4.34 Å². The van der Waals surface area contributed by atoms with E-state index in [1.54, 1.807) is 0 Å². The Hall–Kier alpha value is -0.950. The lowest BCUT2D eigenvalue weighted by molar-refractivity contribution is 0.0730. The van der Waals surface area contributed by atoms with Crippen LogP contribution in [0.5, 0.6) is 0 Å². The number of hydrogen-bond donors (Lipinski definition) is 1. The zero-order chi connectivity index (χ0) is 20.3. The molecule has 0 saturated carbocycles. The topological polar surface area (TPSA) is 101 Å². The predicted molar refractivity (Wildman–Crippen MR) is 110 cm³/mol. The molecule has 0 radical (unpaired) electrons. The van der Waals surface area contributed by atoms with Gasteiger partial charge in [0.1, 0.15) is 4.90 Å². The molecule has 13 heteroatoms. The Morgan fingerprint density at radius 2 is 2.00 bits per heavy atom. The van der Waals surface area contributed by atoms with E-state index in [-0.39, 0.29) is 33.6 Å². The molecule has 0 bridgehead atoms. The first kappa shape index (κ1) is 21.8. The number of morpholine rings is 1. The highest BCUT2D eigenvalue weighted by molar-refractivity contribution is 8.01. The third-order valence-corrected chi connectivity index (χ3v) is 8.28. The largest absolute Gasteiger partial charge is 0.379 e. The summed E-state index contributed by atoms with van der Waals surface area (Å²) >= 11 is 15.0. The maximum absolute atomic E-state index is 12.9.